The number of hydrogen-bond acceptors (Lipinski definition) is 1. The molecule has 0 aliphatic heterocycles. The second kappa shape index (κ2) is 5.29. The molecule has 0 saturated heterocycles. The van der Waals surface area contributed by atoms with Gasteiger partial charge in [-0.05, 0) is 0 Å². The summed E-state index contributed by atoms with van der Waals surface area (Å²) in [5.41, 5.74) is 0.825. The maximum Gasteiger partial charge on any atom is 0.0937 e. The van der Waals surface area contributed by atoms with Gasteiger partial charge in [-0.2, -0.15) is 6.16 Å². The predicted molar refractivity (Wildman–Crippen MR) is 78.9 cm³/mol. The minimum atomic E-state index is -2.70. The van der Waals surface area contributed by atoms with Crippen molar-refractivity contribution in [3.8, 4) is 0 Å². The maximum atomic E-state index is 13.3. The first-order valence-electron chi connectivity index (χ1n) is 5.85. The van der Waals surface area contributed by atoms with Crippen LogP contribution >= 0.6 is 7.14 Å². The minimum Gasteiger partial charge on any atom is -0.328 e. The summed E-state index contributed by atoms with van der Waals surface area (Å²) in [5, 5.41) is 1.69. The zero-order chi connectivity index (χ0) is 13.0. The molecule has 2 aromatic carbocycles. The van der Waals surface area contributed by atoms with Crippen molar-refractivity contribution < 1.29 is 4.57 Å². The van der Waals surface area contributed by atoms with E-state index in [1.54, 1.807) is 6.16 Å². The Morgan fingerprint density at radius 2 is 1.33 bits per heavy atom. The van der Waals surface area contributed by atoms with Crippen LogP contribution in [-0.2, 0) is 4.57 Å². The van der Waals surface area contributed by atoms with Crippen molar-refractivity contribution in [1.82, 2.24) is 0 Å². The molecule has 0 heterocycles. The van der Waals surface area contributed by atoms with E-state index in [0.717, 1.165) is 16.2 Å². The monoisotopic (exact) mass is 255 g/mol. The van der Waals surface area contributed by atoms with Gasteiger partial charge in [-0.25, -0.2) is 12.2 Å². The topological polar surface area (TPSA) is 17.1 Å². The first-order valence-corrected chi connectivity index (χ1v) is 7.63. The van der Waals surface area contributed by atoms with Gasteiger partial charge in [-0.15, -0.1) is 0 Å². The lowest BCUT2D eigenvalue weighted by atomic mass is 10.4. The van der Waals surface area contributed by atoms with Gasteiger partial charge >= 0.3 is 0 Å². The van der Waals surface area contributed by atoms with Crippen molar-refractivity contribution in [2.24, 2.45) is 0 Å². The third-order valence-electron chi connectivity index (χ3n) is 2.68. The van der Waals surface area contributed by atoms with Crippen molar-refractivity contribution in [3.63, 3.8) is 0 Å². The van der Waals surface area contributed by atoms with Crippen LogP contribution in [0.5, 0.6) is 0 Å². The fraction of sp³-hybridized carbons (Fsp3) is 0.0625. The highest BCUT2D eigenvalue weighted by Gasteiger charge is 2.21. The van der Waals surface area contributed by atoms with Crippen LogP contribution in [0.1, 0.15) is 6.92 Å². The second-order valence-electron chi connectivity index (χ2n) is 4.30. The third-order valence-corrected chi connectivity index (χ3v) is 5.62. The molecule has 2 rings (SSSR count). The molecule has 0 atom stereocenters. The molecule has 0 amide bonds. The number of benzene rings is 2. The standard InChI is InChI=1S/C16H16OP/c1-14(2)13-18(17,15-9-5-3-6-10-15)16-11-7-4-8-12-16/h3-13H,1H2,2H3/q-1. The summed E-state index contributed by atoms with van der Waals surface area (Å²) in [5.74, 6) is 0. The molecule has 0 radical (unpaired) electrons. The molecule has 0 unspecified atom stereocenters. The Bertz CT molecular complexity index is 529. The Kier molecular flexibility index (Phi) is 3.74. The third kappa shape index (κ3) is 2.57. The Morgan fingerprint density at radius 3 is 1.67 bits per heavy atom. The lowest BCUT2D eigenvalue weighted by Gasteiger charge is -2.25. The van der Waals surface area contributed by atoms with E-state index in [2.05, 4.69) is 6.58 Å². The quantitative estimate of drug-likeness (QED) is 0.601. The van der Waals surface area contributed by atoms with E-state index < -0.39 is 7.14 Å². The highest BCUT2D eigenvalue weighted by atomic mass is 31.2. The number of rotatable bonds is 4. The summed E-state index contributed by atoms with van der Waals surface area (Å²) in [6.45, 7) is 5.74. The fourth-order valence-corrected chi connectivity index (χ4v) is 4.35. The zero-order valence-electron chi connectivity index (χ0n) is 10.4. The molecule has 92 valence electrons. The highest BCUT2D eigenvalue weighted by Crippen LogP contribution is 2.48. The first kappa shape index (κ1) is 12.7. The Balaban J connectivity index is 2.55. The molecule has 2 heteroatoms. The van der Waals surface area contributed by atoms with Crippen molar-refractivity contribution in [2.45, 2.75) is 6.92 Å². The molecule has 1 nitrogen and oxygen atoms in total. The summed E-state index contributed by atoms with van der Waals surface area (Å²) in [7, 11) is -2.70. The summed E-state index contributed by atoms with van der Waals surface area (Å²) < 4.78 is 13.3. The molecular formula is C16H16OP-. The van der Waals surface area contributed by atoms with E-state index in [4.69, 9.17) is 0 Å². The van der Waals surface area contributed by atoms with Gasteiger partial charge in [0.1, 0.15) is 0 Å². The van der Waals surface area contributed by atoms with Crippen LogP contribution in [0.3, 0.4) is 0 Å². The van der Waals surface area contributed by atoms with E-state index in [0.29, 0.717) is 0 Å². The van der Waals surface area contributed by atoms with Crippen LogP contribution in [-0.4, -0.2) is 0 Å². The smallest absolute Gasteiger partial charge is 0.0937 e. The van der Waals surface area contributed by atoms with Gasteiger partial charge in [0.05, 0.1) is 7.14 Å². The summed E-state index contributed by atoms with van der Waals surface area (Å²) in [4.78, 5) is 0. The molecule has 0 aromatic heterocycles. The van der Waals surface area contributed by atoms with E-state index >= 15 is 0 Å². The van der Waals surface area contributed by atoms with E-state index in [-0.39, 0.29) is 0 Å². The van der Waals surface area contributed by atoms with Crippen LogP contribution in [0.15, 0.2) is 72.8 Å². The van der Waals surface area contributed by atoms with Crippen LogP contribution in [0.2, 0.25) is 0 Å². The maximum absolute atomic E-state index is 13.3. The van der Waals surface area contributed by atoms with Gasteiger partial charge in [0.2, 0.25) is 0 Å². The van der Waals surface area contributed by atoms with Gasteiger partial charge in [0.25, 0.3) is 0 Å². The summed E-state index contributed by atoms with van der Waals surface area (Å²) in [6.07, 6.45) is 1.79. The van der Waals surface area contributed by atoms with Gasteiger partial charge in [-0.1, -0.05) is 67.6 Å². The van der Waals surface area contributed by atoms with Gasteiger partial charge in [0.15, 0.2) is 0 Å². The predicted octanol–water partition coefficient (Wildman–Crippen LogP) is 3.74. The van der Waals surface area contributed by atoms with Crippen LogP contribution in [0.4, 0.5) is 0 Å². The molecule has 0 aliphatic carbocycles. The molecule has 0 bridgehead atoms. The molecule has 2 aromatic rings. The van der Waals surface area contributed by atoms with Crippen molar-refractivity contribution in [2.75, 3.05) is 0 Å². The summed E-state index contributed by atoms with van der Waals surface area (Å²) in [6, 6.07) is 19.2. The Labute approximate surface area is 109 Å². The lowest BCUT2D eigenvalue weighted by molar-refractivity contribution is 0.590. The second-order valence-corrected chi connectivity index (χ2v) is 6.91. The SMILES string of the molecule is C=C(C)[CH-]P(=O)(c1ccccc1)c1ccccc1. The lowest BCUT2D eigenvalue weighted by Crippen LogP contribution is -2.16. The average Bonchev–Trinajstić information content (AvgIpc) is 2.40. The molecule has 18 heavy (non-hydrogen) atoms. The number of allylic oxidation sites excluding steroid dienone is 1. The normalized spacial score (nSPS) is 10.9. The molecule has 0 spiro atoms. The highest BCUT2D eigenvalue weighted by molar-refractivity contribution is 7.80. The van der Waals surface area contributed by atoms with E-state index in [9.17, 15) is 4.57 Å². The first-order chi connectivity index (χ1) is 8.63. The van der Waals surface area contributed by atoms with Gasteiger partial charge in [0, 0.05) is 10.6 Å². The van der Waals surface area contributed by atoms with Crippen molar-refractivity contribution >= 4 is 17.8 Å². The molecule has 0 aliphatic rings. The number of hydrogen-bond donors (Lipinski definition) is 0. The van der Waals surface area contributed by atoms with Gasteiger partial charge in [-0.3, -0.25) is 0 Å². The van der Waals surface area contributed by atoms with Crippen LogP contribution < -0.4 is 10.6 Å². The molecule has 0 fully saturated rings. The Morgan fingerprint density at radius 1 is 0.944 bits per heavy atom. The minimum absolute atomic E-state index is 0.825. The van der Waals surface area contributed by atoms with Crippen LogP contribution in [0.25, 0.3) is 0 Å². The van der Waals surface area contributed by atoms with Crippen LogP contribution in [0, 0.1) is 6.16 Å². The fourth-order valence-electron chi connectivity index (χ4n) is 1.91. The van der Waals surface area contributed by atoms with Crippen molar-refractivity contribution in [3.05, 3.63) is 79.0 Å². The van der Waals surface area contributed by atoms with Crippen molar-refractivity contribution in [1.29, 1.82) is 0 Å². The Hall–Kier alpha value is -1.72. The zero-order valence-corrected chi connectivity index (χ0v) is 11.3. The average molecular weight is 255 g/mol. The molecule has 0 saturated carbocycles. The summed E-state index contributed by atoms with van der Waals surface area (Å²) >= 11 is 0. The van der Waals surface area contributed by atoms with Gasteiger partial charge < -0.3 is 4.57 Å². The molecule has 0 N–H and O–H groups in total. The van der Waals surface area contributed by atoms with E-state index in [1.807, 2.05) is 67.6 Å². The molecular weight excluding hydrogens is 239 g/mol. The van der Waals surface area contributed by atoms with E-state index in [1.165, 1.54) is 0 Å². The largest absolute Gasteiger partial charge is 0.328 e.